The van der Waals surface area contributed by atoms with Gasteiger partial charge >= 0.3 is 5.97 Å². The highest BCUT2D eigenvalue weighted by molar-refractivity contribution is 5.85. The van der Waals surface area contributed by atoms with E-state index in [1.165, 1.54) is 10.7 Å². The van der Waals surface area contributed by atoms with E-state index >= 15 is 0 Å². The fraction of sp³-hybridized carbons (Fsp3) is 0.353. The Morgan fingerprint density at radius 2 is 2.00 bits per heavy atom. The molecule has 2 aromatic rings. The summed E-state index contributed by atoms with van der Waals surface area (Å²) in [7, 11) is 0. The van der Waals surface area contributed by atoms with Crippen molar-refractivity contribution in [3.8, 4) is 5.69 Å². The minimum atomic E-state index is -1.06. The first-order valence-electron chi connectivity index (χ1n) is 7.39. The van der Waals surface area contributed by atoms with Crippen LogP contribution in [0.1, 0.15) is 43.2 Å². The van der Waals surface area contributed by atoms with Crippen molar-refractivity contribution < 1.29 is 14.7 Å². The fourth-order valence-corrected chi connectivity index (χ4v) is 2.14. The predicted octanol–water partition coefficient (Wildman–Crippen LogP) is 2.62. The van der Waals surface area contributed by atoms with E-state index in [1.807, 2.05) is 45.0 Å². The summed E-state index contributed by atoms with van der Waals surface area (Å²) in [6, 6.07) is 8.90. The zero-order valence-electron chi connectivity index (χ0n) is 13.5. The Morgan fingerprint density at radius 1 is 1.26 bits per heavy atom. The first kappa shape index (κ1) is 16.7. The van der Waals surface area contributed by atoms with Crippen LogP contribution >= 0.6 is 0 Å². The maximum atomic E-state index is 11.9. The molecule has 1 amide bonds. The molecule has 6 heteroatoms. The van der Waals surface area contributed by atoms with Crippen molar-refractivity contribution in [2.24, 2.45) is 5.41 Å². The molecule has 1 aromatic carbocycles. The van der Waals surface area contributed by atoms with Gasteiger partial charge in [0.25, 0.3) is 0 Å². The number of hydrogen-bond donors (Lipinski definition) is 2. The van der Waals surface area contributed by atoms with Crippen molar-refractivity contribution in [2.45, 2.75) is 33.7 Å². The molecule has 0 bridgehead atoms. The van der Waals surface area contributed by atoms with Crippen molar-refractivity contribution in [3.05, 3.63) is 47.8 Å². The highest BCUT2D eigenvalue weighted by Gasteiger charge is 2.15. The van der Waals surface area contributed by atoms with Crippen LogP contribution in [0.2, 0.25) is 0 Å². The molecule has 0 unspecified atom stereocenters. The standard InChI is InChI=1S/C17H21N3O3/c1-17(2,3)10-15(21)18-11-12-5-4-6-13(9-12)20-8-7-14(19-20)16(22)23/h4-9H,10-11H2,1-3H3,(H,18,21)(H,22,23). The average molecular weight is 315 g/mol. The minimum Gasteiger partial charge on any atom is -0.476 e. The molecule has 0 atom stereocenters. The third kappa shape index (κ3) is 4.95. The normalized spacial score (nSPS) is 11.3. The molecule has 0 radical (unpaired) electrons. The maximum absolute atomic E-state index is 11.9. The quantitative estimate of drug-likeness (QED) is 0.888. The molecule has 0 fully saturated rings. The molecule has 1 aromatic heterocycles. The van der Waals surface area contributed by atoms with Gasteiger partial charge in [-0.25, -0.2) is 9.48 Å². The molecule has 0 aliphatic heterocycles. The summed E-state index contributed by atoms with van der Waals surface area (Å²) in [4.78, 5) is 22.8. The predicted molar refractivity (Wildman–Crippen MR) is 86.4 cm³/mol. The van der Waals surface area contributed by atoms with E-state index in [2.05, 4.69) is 10.4 Å². The van der Waals surface area contributed by atoms with Crippen molar-refractivity contribution in [1.82, 2.24) is 15.1 Å². The maximum Gasteiger partial charge on any atom is 0.356 e. The van der Waals surface area contributed by atoms with Crippen molar-refractivity contribution in [3.63, 3.8) is 0 Å². The van der Waals surface area contributed by atoms with Gasteiger partial charge < -0.3 is 10.4 Å². The summed E-state index contributed by atoms with van der Waals surface area (Å²) in [6.07, 6.45) is 2.06. The Bertz CT molecular complexity index is 714. The second kappa shape index (κ2) is 6.64. The second-order valence-corrected chi connectivity index (χ2v) is 6.63. The van der Waals surface area contributed by atoms with Gasteiger partial charge in [-0.2, -0.15) is 5.10 Å². The summed E-state index contributed by atoms with van der Waals surface area (Å²) in [5.74, 6) is -1.05. The van der Waals surface area contributed by atoms with Crippen LogP contribution in [0.15, 0.2) is 36.5 Å². The lowest BCUT2D eigenvalue weighted by Gasteiger charge is -2.17. The highest BCUT2D eigenvalue weighted by atomic mass is 16.4. The Kier molecular flexibility index (Phi) is 4.83. The number of aromatic nitrogens is 2. The Hall–Kier alpha value is -2.63. The third-order valence-corrected chi connectivity index (χ3v) is 3.16. The first-order valence-corrected chi connectivity index (χ1v) is 7.39. The summed E-state index contributed by atoms with van der Waals surface area (Å²) in [6.45, 7) is 6.48. The smallest absolute Gasteiger partial charge is 0.356 e. The van der Waals surface area contributed by atoms with E-state index in [1.54, 1.807) is 6.20 Å². The van der Waals surface area contributed by atoms with Gasteiger partial charge in [0.15, 0.2) is 5.69 Å². The molecule has 0 spiro atoms. The van der Waals surface area contributed by atoms with Gasteiger partial charge in [-0.1, -0.05) is 32.9 Å². The lowest BCUT2D eigenvalue weighted by atomic mass is 9.92. The molecule has 23 heavy (non-hydrogen) atoms. The van der Waals surface area contributed by atoms with Crippen LogP contribution in [0.5, 0.6) is 0 Å². The number of rotatable bonds is 5. The monoisotopic (exact) mass is 315 g/mol. The molecular formula is C17H21N3O3. The Labute approximate surface area is 135 Å². The molecule has 0 saturated heterocycles. The van der Waals surface area contributed by atoms with Gasteiger partial charge in [-0.3, -0.25) is 4.79 Å². The molecule has 6 nitrogen and oxygen atoms in total. The van der Waals surface area contributed by atoms with E-state index in [9.17, 15) is 9.59 Å². The van der Waals surface area contributed by atoms with Crippen LogP contribution in [0.3, 0.4) is 0 Å². The van der Waals surface area contributed by atoms with Crippen molar-refractivity contribution in [1.29, 1.82) is 0 Å². The molecule has 122 valence electrons. The molecular weight excluding hydrogens is 294 g/mol. The van der Waals surface area contributed by atoms with Gasteiger partial charge in [0.05, 0.1) is 5.69 Å². The van der Waals surface area contributed by atoms with E-state index in [0.717, 1.165) is 11.3 Å². The van der Waals surface area contributed by atoms with E-state index < -0.39 is 5.97 Å². The fourth-order valence-electron chi connectivity index (χ4n) is 2.14. The number of carboxylic acid groups (broad SMARTS) is 1. The molecule has 0 aliphatic carbocycles. The molecule has 2 rings (SSSR count). The molecule has 0 aliphatic rings. The number of hydrogen-bond acceptors (Lipinski definition) is 3. The number of carboxylic acids is 1. The van der Waals surface area contributed by atoms with Crippen LogP contribution in [0.25, 0.3) is 5.69 Å². The zero-order valence-corrected chi connectivity index (χ0v) is 13.5. The van der Waals surface area contributed by atoms with Crippen LogP contribution < -0.4 is 5.32 Å². The van der Waals surface area contributed by atoms with Gasteiger partial charge in [-0.15, -0.1) is 0 Å². The minimum absolute atomic E-state index is 0.00566. The van der Waals surface area contributed by atoms with Gasteiger partial charge in [-0.05, 0) is 29.2 Å². The number of nitrogens with zero attached hydrogens (tertiary/aromatic N) is 2. The number of nitrogens with one attached hydrogen (secondary N) is 1. The van der Waals surface area contributed by atoms with E-state index in [4.69, 9.17) is 5.11 Å². The van der Waals surface area contributed by atoms with Crippen LogP contribution in [-0.2, 0) is 11.3 Å². The van der Waals surface area contributed by atoms with Gasteiger partial charge in [0.2, 0.25) is 5.91 Å². The van der Waals surface area contributed by atoms with Crippen LogP contribution in [-0.4, -0.2) is 26.8 Å². The Morgan fingerprint density at radius 3 is 2.61 bits per heavy atom. The number of benzene rings is 1. The average Bonchev–Trinajstić information content (AvgIpc) is 2.94. The number of aromatic carboxylic acids is 1. The molecule has 1 heterocycles. The van der Waals surface area contributed by atoms with Crippen LogP contribution in [0.4, 0.5) is 0 Å². The number of carbonyl (C=O) groups is 2. The number of amides is 1. The lowest BCUT2D eigenvalue weighted by molar-refractivity contribution is -0.122. The van der Waals surface area contributed by atoms with Crippen molar-refractivity contribution >= 4 is 11.9 Å². The first-order chi connectivity index (χ1) is 10.7. The Balaban J connectivity index is 2.05. The van der Waals surface area contributed by atoms with E-state index in [0.29, 0.717) is 13.0 Å². The zero-order chi connectivity index (χ0) is 17.0. The van der Waals surface area contributed by atoms with Gasteiger partial charge in [0.1, 0.15) is 0 Å². The SMILES string of the molecule is CC(C)(C)CC(=O)NCc1cccc(-n2ccc(C(=O)O)n2)c1. The summed E-state index contributed by atoms with van der Waals surface area (Å²) >= 11 is 0. The largest absolute Gasteiger partial charge is 0.476 e. The second-order valence-electron chi connectivity index (χ2n) is 6.63. The van der Waals surface area contributed by atoms with Crippen LogP contribution in [0, 0.1) is 5.41 Å². The third-order valence-electron chi connectivity index (χ3n) is 3.16. The summed E-state index contributed by atoms with van der Waals surface area (Å²) in [5, 5.41) is 15.8. The van der Waals surface area contributed by atoms with E-state index in [-0.39, 0.29) is 17.0 Å². The lowest BCUT2D eigenvalue weighted by Crippen LogP contribution is -2.27. The summed E-state index contributed by atoms with van der Waals surface area (Å²) in [5.41, 5.74) is 1.62. The highest BCUT2D eigenvalue weighted by Crippen LogP contribution is 2.18. The summed E-state index contributed by atoms with van der Waals surface area (Å²) < 4.78 is 1.50. The van der Waals surface area contributed by atoms with Crippen molar-refractivity contribution in [2.75, 3.05) is 0 Å². The van der Waals surface area contributed by atoms with Gasteiger partial charge in [0, 0.05) is 19.2 Å². The number of carbonyl (C=O) groups excluding carboxylic acids is 1. The topological polar surface area (TPSA) is 84.2 Å². The molecule has 0 saturated carbocycles. The molecule has 2 N–H and O–H groups in total.